The van der Waals surface area contributed by atoms with Gasteiger partial charge in [-0.05, 0) is 30.2 Å². The molecule has 2 aromatic carbocycles. The molecule has 2 heterocycles. The fraction of sp³-hybridized carbons (Fsp3) is 0.273. The molecule has 1 aromatic heterocycles. The molecule has 28 heavy (non-hydrogen) atoms. The van der Waals surface area contributed by atoms with Crippen LogP contribution < -0.4 is 0 Å². The lowest BCUT2D eigenvalue weighted by Gasteiger charge is -2.22. The maximum Gasteiger partial charge on any atom is 0.256 e. The molecule has 3 aromatic rings. The highest BCUT2D eigenvalue weighted by Gasteiger charge is 2.24. The van der Waals surface area contributed by atoms with E-state index in [9.17, 15) is 14.0 Å². The van der Waals surface area contributed by atoms with Gasteiger partial charge in [0, 0.05) is 43.3 Å². The van der Waals surface area contributed by atoms with Gasteiger partial charge in [-0.25, -0.2) is 4.39 Å². The standard InChI is InChI=1S/C22H22FN3O2/c23-19-8-3-1-7-18(19)22(28)26-11-5-10-25(12-13-26)21(27)14-16-15-24-20-9-4-2-6-17(16)20/h1-4,6-9,15,24H,5,10-14H2. The van der Waals surface area contributed by atoms with Crippen LogP contribution in [0, 0.1) is 5.82 Å². The average Bonchev–Trinajstić information content (AvgIpc) is 2.95. The van der Waals surface area contributed by atoms with Crippen LogP contribution in [0.4, 0.5) is 4.39 Å². The number of hydrogen-bond acceptors (Lipinski definition) is 2. The van der Waals surface area contributed by atoms with E-state index in [0.717, 1.165) is 16.5 Å². The number of halogens is 1. The minimum Gasteiger partial charge on any atom is -0.361 e. The van der Waals surface area contributed by atoms with Gasteiger partial charge in [-0.1, -0.05) is 30.3 Å². The van der Waals surface area contributed by atoms with Crippen molar-refractivity contribution in [2.45, 2.75) is 12.8 Å². The lowest BCUT2D eigenvalue weighted by atomic mass is 10.1. The van der Waals surface area contributed by atoms with E-state index in [1.54, 1.807) is 21.9 Å². The molecular weight excluding hydrogens is 357 g/mol. The quantitative estimate of drug-likeness (QED) is 0.760. The van der Waals surface area contributed by atoms with E-state index >= 15 is 0 Å². The monoisotopic (exact) mass is 379 g/mol. The van der Waals surface area contributed by atoms with Crippen molar-refractivity contribution in [1.82, 2.24) is 14.8 Å². The van der Waals surface area contributed by atoms with Gasteiger partial charge in [0.2, 0.25) is 5.91 Å². The maximum atomic E-state index is 13.9. The normalized spacial score (nSPS) is 14.9. The van der Waals surface area contributed by atoms with Gasteiger partial charge < -0.3 is 14.8 Å². The molecule has 2 amide bonds. The SMILES string of the molecule is O=C(Cc1c[nH]c2ccccc12)N1CCCN(C(=O)c2ccccc2F)CC1. The van der Waals surface area contributed by atoms with E-state index in [2.05, 4.69) is 4.98 Å². The van der Waals surface area contributed by atoms with Crippen molar-refractivity contribution in [3.8, 4) is 0 Å². The Bertz CT molecular complexity index is 1010. The van der Waals surface area contributed by atoms with Crippen LogP contribution in [0.15, 0.2) is 54.7 Å². The van der Waals surface area contributed by atoms with E-state index in [1.807, 2.05) is 30.5 Å². The summed E-state index contributed by atoms with van der Waals surface area (Å²) in [6.45, 7) is 1.99. The first-order valence-electron chi connectivity index (χ1n) is 9.50. The third-order valence-corrected chi connectivity index (χ3v) is 5.26. The Hall–Kier alpha value is -3.15. The van der Waals surface area contributed by atoms with Gasteiger partial charge in [-0.2, -0.15) is 0 Å². The van der Waals surface area contributed by atoms with Crippen LogP contribution in [0.5, 0.6) is 0 Å². The molecule has 0 aliphatic carbocycles. The number of carbonyl (C=O) groups excluding carboxylic acids is 2. The molecule has 5 nitrogen and oxygen atoms in total. The molecular formula is C22H22FN3O2. The highest BCUT2D eigenvalue weighted by Crippen LogP contribution is 2.19. The van der Waals surface area contributed by atoms with Crippen molar-refractivity contribution < 1.29 is 14.0 Å². The summed E-state index contributed by atoms with van der Waals surface area (Å²) in [6, 6.07) is 13.9. The van der Waals surface area contributed by atoms with Gasteiger partial charge in [-0.15, -0.1) is 0 Å². The molecule has 0 atom stereocenters. The van der Waals surface area contributed by atoms with Gasteiger partial charge in [0.15, 0.2) is 0 Å². The van der Waals surface area contributed by atoms with Crippen molar-refractivity contribution in [3.05, 3.63) is 71.7 Å². The highest BCUT2D eigenvalue weighted by atomic mass is 19.1. The number of hydrogen-bond donors (Lipinski definition) is 1. The summed E-state index contributed by atoms with van der Waals surface area (Å²) in [4.78, 5) is 32.1. The highest BCUT2D eigenvalue weighted by molar-refractivity contribution is 5.94. The molecule has 1 fully saturated rings. The number of aromatic nitrogens is 1. The predicted molar refractivity (Wildman–Crippen MR) is 106 cm³/mol. The molecule has 1 saturated heterocycles. The zero-order valence-electron chi connectivity index (χ0n) is 15.5. The number of H-pyrrole nitrogens is 1. The number of fused-ring (bicyclic) bond motifs is 1. The lowest BCUT2D eigenvalue weighted by Crippen LogP contribution is -2.38. The third-order valence-electron chi connectivity index (χ3n) is 5.26. The first-order chi connectivity index (χ1) is 13.6. The van der Waals surface area contributed by atoms with Crippen LogP contribution in [0.1, 0.15) is 22.3 Å². The first kappa shape index (κ1) is 18.2. The molecule has 1 N–H and O–H groups in total. The minimum atomic E-state index is -0.510. The van der Waals surface area contributed by atoms with Crippen molar-refractivity contribution in [2.75, 3.05) is 26.2 Å². The van der Waals surface area contributed by atoms with E-state index < -0.39 is 5.82 Å². The number of benzene rings is 2. The van der Waals surface area contributed by atoms with Gasteiger partial charge in [0.1, 0.15) is 5.82 Å². The van der Waals surface area contributed by atoms with Gasteiger partial charge in [-0.3, -0.25) is 9.59 Å². The summed E-state index contributed by atoms with van der Waals surface area (Å²) >= 11 is 0. The van der Waals surface area contributed by atoms with Crippen LogP contribution >= 0.6 is 0 Å². The summed E-state index contributed by atoms with van der Waals surface area (Å²) in [5.41, 5.74) is 2.08. The molecule has 6 heteroatoms. The Morgan fingerprint density at radius 1 is 0.929 bits per heavy atom. The molecule has 144 valence electrons. The van der Waals surface area contributed by atoms with Crippen LogP contribution in [0.2, 0.25) is 0 Å². The zero-order valence-corrected chi connectivity index (χ0v) is 15.5. The maximum absolute atomic E-state index is 13.9. The van der Waals surface area contributed by atoms with Crippen molar-refractivity contribution in [1.29, 1.82) is 0 Å². The van der Waals surface area contributed by atoms with Crippen LogP contribution in [0.25, 0.3) is 10.9 Å². The number of carbonyl (C=O) groups is 2. The predicted octanol–water partition coefficient (Wildman–Crippen LogP) is 3.22. The molecule has 0 spiro atoms. The Labute approximate surface area is 162 Å². The zero-order chi connectivity index (χ0) is 19.5. The van der Waals surface area contributed by atoms with Crippen LogP contribution in [-0.4, -0.2) is 52.8 Å². The molecule has 4 rings (SSSR count). The average molecular weight is 379 g/mol. The largest absolute Gasteiger partial charge is 0.361 e. The topological polar surface area (TPSA) is 56.4 Å². The first-order valence-corrected chi connectivity index (χ1v) is 9.50. The van der Waals surface area contributed by atoms with Gasteiger partial charge >= 0.3 is 0 Å². The van der Waals surface area contributed by atoms with Crippen LogP contribution in [0.3, 0.4) is 0 Å². The third kappa shape index (κ3) is 3.63. The fourth-order valence-corrected chi connectivity index (χ4v) is 3.73. The minimum absolute atomic E-state index is 0.0462. The second kappa shape index (κ2) is 7.84. The van der Waals surface area contributed by atoms with Crippen molar-refractivity contribution in [2.24, 2.45) is 0 Å². The number of aromatic amines is 1. The number of rotatable bonds is 3. The summed E-state index contributed by atoms with van der Waals surface area (Å²) in [6.07, 6.45) is 2.89. The van der Waals surface area contributed by atoms with E-state index in [4.69, 9.17) is 0 Å². The Morgan fingerprint density at radius 2 is 1.64 bits per heavy atom. The molecule has 1 aliphatic rings. The van der Waals surface area contributed by atoms with Crippen molar-refractivity contribution >= 4 is 22.7 Å². The van der Waals surface area contributed by atoms with E-state index in [-0.39, 0.29) is 17.4 Å². The van der Waals surface area contributed by atoms with Gasteiger partial charge in [0.05, 0.1) is 12.0 Å². The Balaban J connectivity index is 1.41. The van der Waals surface area contributed by atoms with E-state index in [0.29, 0.717) is 39.0 Å². The molecule has 0 radical (unpaired) electrons. The smallest absolute Gasteiger partial charge is 0.256 e. The number of amides is 2. The molecule has 0 bridgehead atoms. The molecule has 0 unspecified atom stereocenters. The summed E-state index contributed by atoms with van der Waals surface area (Å²) in [7, 11) is 0. The summed E-state index contributed by atoms with van der Waals surface area (Å²) in [5.74, 6) is -0.780. The Kier molecular flexibility index (Phi) is 5.10. The summed E-state index contributed by atoms with van der Waals surface area (Å²) in [5, 5.41) is 1.06. The second-order valence-electron chi connectivity index (χ2n) is 7.04. The van der Waals surface area contributed by atoms with Crippen LogP contribution in [-0.2, 0) is 11.2 Å². The number of nitrogens with one attached hydrogen (secondary N) is 1. The number of para-hydroxylation sites is 1. The fourth-order valence-electron chi connectivity index (χ4n) is 3.73. The van der Waals surface area contributed by atoms with Gasteiger partial charge in [0.25, 0.3) is 5.91 Å². The van der Waals surface area contributed by atoms with Crippen molar-refractivity contribution in [3.63, 3.8) is 0 Å². The Morgan fingerprint density at radius 3 is 2.50 bits per heavy atom. The molecule has 0 saturated carbocycles. The number of nitrogens with zero attached hydrogens (tertiary/aromatic N) is 2. The second-order valence-corrected chi connectivity index (χ2v) is 7.04. The lowest BCUT2D eigenvalue weighted by molar-refractivity contribution is -0.130. The summed E-state index contributed by atoms with van der Waals surface area (Å²) < 4.78 is 13.9. The molecule has 1 aliphatic heterocycles. The van der Waals surface area contributed by atoms with E-state index in [1.165, 1.54) is 12.1 Å².